The Labute approximate surface area is 169 Å². The zero-order valence-corrected chi connectivity index (χ0v) is 17.4. The van der Waals surface area contributed by atoms with Crippen molar-refractivity contribution in [1.82, 2.24) is 15.3 Å². The average Bonchev–Trinajstić information content (AvgIpc) is 2.65. The Morgan fingerprint density at radius 1 is 1.29 bits per heavy atom. The van der Waals surface area contributed by atoms with Crippen molar-refractivity contribution in [2.24, 2.45) is 0 Å². The summed E-state index contributed by atoms with van der Waals surface area (Å²) in [5.74, 6) is -0.151. The Morgan fingerprint density at radius 3 is 2.50 bits per heavy atom. The molecule has 1 heterocycles. The number of nitrogens with zero attached hydrogens (tertiary/aromatic N) is 2. The van der Waals surface area contributed by atoms with Crippen LogP contribution in [-0.2, 0) is 9.84 Å². The predicted octanol–water partition coefficient (Wildman–Crippen LogP) is 3.34. The Kier molecular flexibility index (Phi) is 7.53. The van der Waals surface area contributed by atoms with Gasteiger partial charge in [0.15, 0.2) is 15.6 Å². The van der Waals surface area contributed by atoms with E-state index in [1.165, 1.54) is 18.5 Å². The van der Waals surface area contributed by atoms with Crippen LogP contribution in [0.3, 0.4) is 0 Å². The van der Waals surface area contributed by atoms with Gasteiger partial charge in [-0.15, -0.1) is 0 Å². The molecule has 2 rings (SSSR count). The van der Waals surface area contributed by atoms with Crippen LogP contribution >= 0.6 is 11.6 Å². The summed E-state index contributed by atoms with van der Waals surface area (Å²) in [6.07, 6.45) is 5.71. The van der Waals surface area contributed by atoms with Crippen molar-refractivity contribution < 1.29 is 17.9 Å². The van der Waals surface area contributed by atoms with Crippen molar-refractivity contribution in [3.05, 3.63) is 64.6 Å². The summed E-state index contributed by atoms with van der Waals surface area (Å²) in [5, 5.41) is 4.25. The Bertz CT molecular complexity index is 946. The summed E-state index contributed by atoms with van der Waals surface area (Å²) in [6.45, 7) is 3.62. The molecule has 0 aliphatic heterocycles. The molecule has 1 amide bonds. The molecule has 0 saturated carbocycles. The second-order valence-electron chi connectivity index (χ2n) is 6.20. The molecular formula is C19H22ClN3O4S. The number of amides is 1. The first-order valence-corrected chi connectivity index (χ1v) is 10.9. The molecule has 1 aromatic carbocycles. The lowest BCUT2D eigenvalue weighted by Gasteiger charge is -2.18. The van der Waals surface area contributed by atoms with Crippen LogP contribution in [0.15, 0.2) is 48.1 Å². The van der Waals surface area contributed by atoms with Gasteiger partial charge in [-0.25, -0.2) is 18.4 Å². The van der Waals surface area contributed by atoms with Crippen molar-refractivity contribution >= 4 is 27.3 Å². The molecule has 9 heteroatoms. The maximum absolute atomic E-state index is 12.2. The van der Waals surface area contributed by atoms with Gasteiger partial charge in [-0.1, -0.05) is 42.8 Å². The molecule has 0 saturated heterocycles. The minimum absolute atomic E-state index is 0.0438. The van der Waals surface area contributed by atoms with Gasteiger partial charge in [-0.05, 0) is 19.4 Å². The third kappa shape index (κ3) is 6.61. The molecule has 2 aromatic rings. The molecular weight excluding hydrogens is 402 g/mol. The molecule has 1 aromatic heterocycles. The minimum atomic E-state index is -3.25. The first-order chi connectivity index (χ1) is 13.2. The number of benzene rings is 1. The smallest absolute Gasteiger partial charge is 0.289 e. The van der Waals surface area contributed by atoms with Gasteiger partial charge in [0.25, 0.3) is 5.91 Å². The third-order valence-corrected chi connectivity index (χ3v) is 4.70. The van der Waals surface area contributed by atoms with E-state index in [2.05, 4.69) is 15.3 Å². The highest BCUT2D eigenvalue weighted by Gasteiger charge is 2.16. The summed E-state index contributed by atoms with van der Waals surface area (Å²) in [4.78, 5) is 20.2. The van der Waals surface area contributed by atoms with Crippen LogP contribution in [0.2, 0.25) is 5.02 Å². The van der Waals surface area contributed by atoms with Crippen molar-refractivity contribution in [3.63, 3.8) is 0 Å². The summed E-state index contributed by atoms with van der Waals surface area (Å²) in [7, 11) is -3.25. The van der Waals surface area contributed by atoms with Crippen molar-refractivity contribution in [2.45, 2.75) is 32.4 Å². The highest BCUT2D eigenvalue weighted by molar-refractivity contribution is 7.93. The van der Waals surface area contributed by atoms with Gasteiger partial charge >= 0.3 is 0 Å². The van der Waals surface area contributed by atoms with Gasteiger partial charge in [0.1, 0.15) is 6.10 Å². The number of halogens is 1. The molecule has 0 fully saturated rings. The fraction of sp³-hybridized carbons (Fsp3) is 0.316. The standard InChI is InChI=1S/C19H22ClN3O4S/c1-4-17(15-7-5-6-8-16(15)20)27-14-11-21-18(22-12-14)19(24)23-13(2)9-10-28(3,25)26/h5-13,17H,4H2,1-3H3,(H,23,24)/b10-9+/t13-,17-/m1/s1. The number of sulfone groups is 1. The van der Waals surface area contributed by atoms with E-state index in [-0.39, 0.29) is 11.9 Å². The lowest BCUT2D eigenvalue weighted by atomic mass is 10.1. The van der Waals surface area contributed by atoms with E-state index in [4.69, 9.17) is 16.3 Å². The summed E-state index contributed by atoms with van der Waals surface area (Å²) in [6, 6.07) is 6.93. The molecule has 0 unspecified atom stereocenters. The number of rotatable bonds is 8. The van der Waals surface area contributed by atoms with E-state index in [0.717, 1.165) is 17.2 Å². The van der Waals surface area contributed by atoms with E-state index < -0.39 is 21.8 Å². The molecule has 0 spiro atoms. The molecule has 0 bridgehead atoms. The largest absolute Gasteiger partial charge is 0.482 e. The van der Waals surface area contributed by atoms with Crippen molar-refractivity contribution in [3.8, 4) is 5.75 Å². The molecule has 150 valence electrons. The number of carbonyl (C=O) groups is 1. The first-order valence-electron chi connectivity index (χ1n) is 8.62. The van der Waals surface area contributed by atoms with E-state index in [0.29, 0.717) is 17.2 Å². The summed E-state index contributed by atoms with van der Waals surface area (Å²) in [5.41, 5.74) is 0.861. The Morgan fingerprint density at radius 2 is 1.93 bits per heavy atom. The fourth-order valence-corrected chi connectivity index (χ4v) is 3.12. The number of nitrogens with one attached hydrogen (secondary N) is 1. The van der Waals surface area contributed by atoms with E-state index in [1.54, 1.807) is 13.0 Å². The van der Waals surface area contributed by atoms with E-state index in [1.807, 2.05) is 25.1 Å². The zero-order chi connectivity index (χ0) is 20.7. The molecule has 0 aliphatic carbocycles. The topological polar surface area (TPSA) is 98.2 Å². The third-order valence-electron chi connectivity index (χ3n) is 3.71. The van der Waals surface area contributed by atoms with E-state index in [9.17, 15) is 13.2 Å². The highest BCUT2D eigenvalue weighted by atomic mass is 35.5. The molecule has 1 N–H and O–H groups in total. The predicted molar refractivity (Wildman–Crippen MR) is 108 cm³/mol. The second kappa shape index (κ2) is 9.66. The van der Waals surface area contributed by atoms with Crippen LogP contribution in [0.4, 0.5) is 0 Å². The maximum atomic E-state index is 12.2. The molecule has 2 atom stereocenters. The molecule has 0 aliphatic rings. The van der Waals surface area contributed by atoms with Gasteiger partial charge < -0.3 is 10.1 Å². The van der Waals surface area contributed by atoms with Crippen molar-refractivity contribution in [2.75, 3.05) is 6.26 Å². The van der Waals surface area contributed by atoms with Crippen LogP contribution in [0, 0.1) is 0 Å². The Hall–Kier alpha value is -2.45. The molecule has 7 nitrogen and oxygen atoms in total. The van der Waals surface area contributed by atoms with Crippen LogP contribution < -0.4 is 10.1 Å². The lowest BCUT2D eigenvalue weighted by Crippen LogP contribution is -2.32. The van der Waals surface area contributed by atoms with Crippen LogP contribution in [-0.4, -0.2) is 36.6 Å². The summed E-state index contributed by atoms with van der Waals surface area (Å²) < 4.78 is 28.1. The van der Waals surface area contributed by atoms with Gasteiger partial charge in [0.05, 0.1) is 12.4 Å². The fourth-order valence-electron chi connectivity index (χ4n) is 2.34. The molecule has 28 heavy (non-hydrogen) atoms. The number of carbonyl (C=O) groups excluding carboxylic acids is 1. The van der Waals surface area contributed by atoms with Gasteiger partial charge in [-0.3, -0.25) is 4.79 Å². The van der Waals surface area contributed by atoms with Crippen molar-refractivity contribution in [1.29, 1.82) is 0 Å². The number of ether oxygens (including phenoxy) is 1. The summed E-state index contributed by atoms with van der Waals surface area (Å²) >= 11 is 6.23. The Balaban J connectivity index is 2.03. The SMILES string of the molecule is CC[C@@H](Oc1cnc(C(=O)N[C@H](C)/C=C/S(C)(=O)=O)nc1)c1ccccc1Cl. The highest BCUT2D eigenvalue weighted by Crippen LogP contribution is 2.29. The number of hydrogen-bond acceptors (Lipinski definition) is 6. The van der Waals surface area contributed by atoms with Gasteiger partial charge in [-0.2, -0.15) is 0 Å². The first kappa shape index (κ1) is 21.8. The maximum Gasteiger partial charge on any atom is 0.289 e. The van der Waals surface area contributed by atoms with Gasteiger partial charge in [0, 0.05) is 28.3 Å². The van der Waals surface area contributed by atoms with Gasteiger partial charge in [0.2, 0.25) is 5.82 Å². The van der Waals surface area contributed by atoms with Crippen LogP contribution in [0.1, 0.15) is 42.6 Å². The zero-order valence-electron chi connectivity index (χ0n) is 15.8. The molecule has 0 radical (unpaired) electrons. The average molecular weight is 424 g/mol. The monoisotopic (exact) mass is 423 g/mol. The minimum Gasteiger partial charge on any atom is -0.482 e. The lowest BCUT2D eigenvalue weighted by molar-refractivity contribution is 0.0936. The second-order valence-corrected chi connectivity index (χ2v) is 8.54. The number of aromatic nitrogens is 2. The quantitative estimate of drug-likeness (QED) is 0.699. The van der Waals surface area contributed by atoms with Crippen LogP contribution in [0.5, 0.6) is 5.75 Å². The van der Waals surface area contributed by atoms with Crippen LogP contribution in [0.25, 0.3) is 0 Å². The van der Waals surface area contributed by atoms with E-state index >= 15 is 0 Å². The number of hydrogen-bond donors (Lipinski definition) is 1. The normalized spacial score (nSPS) is 13.9.